The van der Waals surface area contributed by atoms with Gasteiger partial charge in [-0.05, 0) is 37.3 Å². The third-order valence-corrected chi connectivity index (χ3v) is 7.31. The summed E-state index contributed by atoms with van der Waals surface area (Å²) in [6, 6.07) is 14.9. The van der Waals surface area contributed by atoms with E-state index in [1.165, 1.54) is 29.7 Å². The van der Waals surface area contributed by atoms with Crippen LogP contribution in [-0.4, -0.2) is 29.3 Å². The Hall–Kier alpha value is -3.34. The lowest BCUT2D eigenvalue weighted by molar-refractivity contribution is -0.115. The third-order valence-electron chi connectivity index (χ3n) is 4.51. The number of benzene rings is 1. The number of carbonyl (C=O) groups excluding carboxylic acids is 1. The Kier molecular flexibility index (Phi) is 6.68. The van der Waals surface area contributed by atoms with Gasteiger partial charge in [-0.2, -0.15) is 0 Å². The van der Waals surface area contributed by atoms with Crippen molar-refractivity contribution in [2.45, 2.75) is 18.2 Å². The van der Waals surface area contributed by atoms with E-state index in [4.69, 9.17) is 11.6 Å². The number of pyridine rings is 2. The smallest absolute Gasteiger partial charge is 0.261 e. The molecule has 3 aromatic heterocycles. The maximum absolute atomic E-state index is 12.7. The van der Waals surface area contributed by atoms with E-state index in [-0.39, 0.29) is 28.1 Å². The maximum Gasteiger partial charge on any atom is 0.261 e. The third kappa shape index (κ3) is 5.54. The quantitative estimate of drug-likeness (QED) is 0.361. The molecule has 0 radical (unpaired) electrons. The Morgan fingerprint density at radius 3 is 2.58 bits per heavy atom. The summed E-state index contributed by atoms with van der Waals surface area (Å²) in [7, 11) is -3.83. The Bertz CT molecular complexity index is 1390. The standard InChI is InChI=1S/C22H18ClN5O3S2/c1-14-20(32-22(26-14)27-19(29)12-16-7-5-6-10-24-16)15-11-18(21(23)25-13-15)28-33(30,31)17-8-3-2-4-9-17/h2-11,13,28H,12H2,1H3,(H,26,27,29). The van der Waals surface area contributed by atoms with Gasteiger partial charge in [0.25, 0.3) is 10.0 Å². The second-order valence-electron chi connectivity index (χ2n) is 6.96. The van der Waals surface area contributed by atoms with Crippen molar-refractivity contribution >= 4 is 49.7 Å². The van der Waals surface area contributed by atoms with Crippen LogP contribution in [0, 0.1) is 6.92 Å². The van der Waals surface area contributed by atoms with E-state index in [9.17, 15) is 13.2 Å². The number of amides is 1. The van der Waals surface area contributed by atoms with Crippen LogP contribution in [0.25, 0.3) is 10.4 Å². The molecular weight excluding hydrogens is 482 g/mol. The van der Waals surface area contributed by atoms with Crippen LogP contribution in [0.5, 0.6) is 0 Å². The largest absolute Gasteiger partial charge is 0.302 e. The summed E-state index contributed by atoms with van der Waals surface area (Å²) in [5.41, 5.74) is 2.08. The van der Waals surface area contributed by atoms with Crippen LogP contribution < -0.4 is 10.0 Å². The minimum Gasteiger partial charge on any atom is -0.302 e. The second-order valence-corrected chi connectivity index (χ2v) is 10.00. The molecule has 0 aliphatic rings. The van der Waals surface area contributed by atoms with Crippen molar-refractivity contribution in [3.8, 4) is 10.4 Å². The van der Waals surface area contributed by atoms with Crippen molar-refractivity contribution in [3.63, 3.8) is 0 Å². The number of hydrogen-bond donors (Lipinski definition) is 2. The first-order valence-corrected chi connectivity index (χ1v) is 12.4. The molecule has 0 aliphatic heterocycles. The van der Waals surface area contributed by atoms with E-state index < -0.39 is 10.0 Å². The first-order valence-electron chi connectivity index (χ1n) is 9.73. The van der Waals surface area contributed by atoms with E-state index in [2.05, 4.69) is 25.0 Å². The average molecular weight is 500 g/mol. The first kappa shape index (κ1) is 22.8. The SMILES string of the molecule is Cc1nc(NC(=O)Cc2ccccn2)sc1-c1cnc(Cl)c(NS(=O)(=O)c2ccccc2)c1. The summed E-state index contributed by atoms with van der Waals surface area (Å²) in [5, 5.41) is 3.22. The van der Waals surface area contributed by atoms with Gasteiger partial charge in [0, 0.05) is 23.7 Å². The molecular formula is C22H18ClN5O3S2. The maximum atomic E-state index is 12.7. The van der Waals surface area contributed by atoms with Gasteiger partial charge in [0.05, 0.1) is 27.6 Å². The molecule has 33 heavy (non-hydrogen) atoms. The highest BCUT2D eigenvalue weighted by molar-refractivity contribution is 7.92. The molecule has 0 bridgehead atoms. The minimum absolute atomic E-state index is 0.0179. The Morgan fingerprint density at radius 1 is 1.09 bits per heavy atom. The zero-order valence-electron chi connectivity index (χ0n) is 17.3. The number of aryl methyl sites for hydroxylation is 1. The summed E-state index contributed by atoms with van der Waals surface area (Å²) in [5.74, 6) is -0.237. The lowest BCUT2D eigenvalue weighted by Gasteiger charge is -2.10. The van der Waals surface area contributed by atoms with Crippen molar-refractivity contribution in [1.82, 2.24) is 15.0 Å². The number of anilines is 2. The summed E-state index contributed by atoms with van der Waals surface area (Å²) < 4.78 is 27.9. The summed E-state index contributed by atoms with van der Waals surface area (Å²) >= 11 is 7.41. The van der Waals surface area contributed by atoms with Crippen molar-refractivity contribution in [3.05, 3.63) is 83.5 Å². The molecule has 4 aromatic rings. The fourth-order valence-corrected chi connectivity index (χ4v) is 5.24. The van der Waals surface area contributed by atoms with Crippen molar-refractivity contribution in [1.29, 1.82) is 0 Å². The van der Waals surface area contributed by atoms with Gasteiger partial charge in [-0.25, -0.2) is 18.4 Å². The molecule has 0 fully saturated rings. The van der Waals surface area contributed by atoms with Gasteiger partial charge in [0.15, 0.2) is 10.3 Å². The molecule has 168 valence electrons. The number of nitrogens with zero attached hydrogens (tertiary/aromatic N) is 3. The van der Waals surface area contributed by atoms with Crippen LogP contribution in [0.15, 0.2) is 71.9 Å². The van der Waals surface area contributed by atoms with E-state index in [0.717, 1.165) is 4.88 Å². The number of aromatic nitrogens is 3. The number of thiazole rings is 1. The molecule has 4 rings (SSSR count). The molecule has 0 spiro atoms. The molecule has 0 aliphatic carbocycles. The van der Waals surface area contributed by atoms with Gasteiger partial charge >= 0.3 is 0 Å². The number of rotatable bonds is 7. The van der Waals surface area contributed by atoms with Crippen molar-refractivity contribution < 1.29 is 13.2 Å². The molecule has 8 nitrogen and oxygen atoms in total. The highest BCUT2D eigenvalue weighted by atomic mass is 35.5. The average Bonchev–Trinajstić information content (AvgIpc) is 3.16. The summed E-state index contributed by atoms with van der Waals surface area (Å²) in [6.07, 6.45) is 3.29. The molecule has 3 heterocycles. The molecule has 0 saturated carbocycles. The van der Waals surface area contributed by atoms with Crippen LogP contribution in [0.1, 0.15) is 11.4 Å². The highest BCUT2D eigenvalue weighted by Crippen LogP contribution is 2.35. The number of hydrogen-bond acceptors (Lipinski definition) is 7. The number of halogens is 1. The second kappa shape index (κ2) is 9.65. The Labute approximate surface area is 199 Å². The molecule has 1 aromatic carbocycles. The van der Waals surface area contributed by atoms with Gasteiger partial charge < -0.3 is 5.32 Å². The van der Waals surface area contributed by atoms with Crippen molar-refractivity contribution in [2.24, 2.45) is 0 Å². The van der Waals surface area contributed by atoms with Gasteiger partial charge in [-0.3, -0.25) is 14.5 Å². The highest BCUT2D eigenvalue weighted by Gasteiger charge is 2.18. The molecule has 0 unspecified atom stereocenters. The number of carbonyl (C=O) groups is 1. The van der Waals surface area contributed by atoms with Crippen LogP contribution >= 0.6 is 22.9 Å². The number of sulfonamides is 1. The van der Waals surface area contributed by atoms with Crippen LogP contribution in [-0.2, 0) is 21.2 Å². The van der Waals surface area contributed by atoms with Gasteiger partial charge in [0.1, 0.15) is 0 Å². The van der Waals surface area contributed by atoms with Crippen LogP contribution in [0.3, 0.4) is 0 Å². The minimum atomic E-state index is -3.83. The fourth-order valence-electron chi connectivity index (χ4n) is 3.00. The molecule has 0 saturated heterocycles. The first-order chi connectivity index (χ1) is 15.8. The van der Waals surface area contributed by atoms with E-state index in [0.29, 0.717) is 22.1 Å². The Balaban J connectivity index is 1.55. The zero-order valence-corrected chi connectivity index (χ0v) is 19.7. The molecule has 2 N–H and O–H groups in total. The van der Waals surface area contributed by atoms with Crippen LogP contribution in [0.2, 0.25) is 5.15 Å². The zero-order chi connectivity index (χ0) is 23.4. The van der Waals surface area contributed by atoms with Gasteiger partial charge in [-0.1, -0.05) is 47.2 Å². The normalized spacial score (nSPS) is 11.2. The molecule has 0 atom stereocenters. The van der Waals surface area contributed by atoms with E-state index >= 15 is 0 Å². The predicted molar refractivity (Wildman–Crippen MR) is 129 cm³/mol. The number of nitrogens with one attached hydrogen (secondary N) is 2. The van der Waals surface area contributed by atoms with E-state index in [1.54, 1.807) is 49.5 Å². The monoisotopic (exact) mass is 499 g/mol. The lowest BCUT2D eigenvalue weighted by Crippen LogP contribution is -2.14. The van der Waals surface area contributed by atoms with Gasteiger partial charge in [-0.15, -0.1) is 0 Å². The van der Waals surface area contributed by atoms with Crippen LogP contribution in [0.4, 0.5) is 10.8 Å². The van der Waals surface area contributed by atoms with Gasteiger partial charge in [0.2, 0.25) is 5.91 Å². The lowest BCUT2D eigenvalue weighted by atomic mass is 10.2. The summed E-state index contributed by atoms with van der Waals surface area (Å²) in [4.78, 5) is 25.9. The predicted octanol–water partition coefficient (Wildman–Crippen LogP) is 4.54. The van der Waals surface area contributed by atoms with E-state index in [1.807, 2.05) is 6.07 Å². The Morgan fingerprint density at radius 2 is 1.85 bits per heavy atom. The molecule has 11 heteroatoms. The fraction of sp³-hybridized carbons (Fsp3) is 0.0909. The topological polar surface area (TPSA) is 114 Å². The summed E-state index contributed by atoms with van der Waals surface area (Å²) in [6.45, 7) is 1.79. The van der Waals surface area contributed by atoms with Crippen molar-refractivity contribution in [2.75, 3.05) is 10.0 Å². The molecule has 1 amide bonds.